The summed E-state index contributed by atoms with van der Waals surface area (Å²) in [6.07, 6.45) is 4.80. The standard InChI is InChI=1S/C31H36N2O6/c1-4-7-17-38-30(37)25-24-14-15-31(39-24)26(25)28(35)33(22(6-3)19-34)27(31)29(36)32(16-5-2)23-13-12-20-10-8-9-11-21(20)18-23/h4-5,8-13,18,22,24-27,34H,1-2,6-7,14-17,19H2,3H3/t22-,24-,25+,26-,27?,31?/m0/s1. The van der Waals surface area contributed by atoms with E-state index in [0.29, 0.717) is 31.4 Å². The van der Waals surface area contributed by atoms with Crippen LogP contribution >= 0.6 is 0 Å². The molecule has 0 aliphatic carbocycles. The number of hydrogen-bond donors (Lipinski definition) is 1. The number of aliphatic hydroxyl groups is 1. The molecule has 3 aliphatic rings. The molecule has 6 atom stereocenters. The van der Waals surface area contributed by atoms with E-state index in [1.54, 1.807) is 17.1 Å². The average Bonchev–Trinajstić information content (AvgIpc) is 3.60. The van der Waals surface area contributed by atoms with E-state index < -0.39 is 41.6 Å². The minimum atomic E-state index is -1.17. The van der Waals surface area contributed by atoms with E-state index in [9.17, 15) is 19.5 Å². The number of carbonyl (C=O) groups excluding carboxylic acids is 3. The summed E-state index contributed by atoms with van der Waals surface area (Å²) in [6, 6.07) is 12.1. The van der Waals surface area contributed by atoms with Gasteiger partial charge in [0.25, 0.3) is 5.91 Å². The van der Waals surface area contributed by atoms with Crippen LogP contribution in [0.15, 0.2) is 67.8 Å². The van der Waals surface area contributed by atoms with Gasteiger partial charge in [0, 0.05) is 12.2 Å². The molecule has 1 spiro atoms. The molecule has 1 N–H and O–H groups in total. The molecule has 0 aromatic heterocycles. The molecule has 2 amide bonds. The van der Waals surface area contributed by atoms with Crippen molar-refractivity contribution in [2.75, 3.05) is 24.7 Å². The zero-order valence-corrected chi connectivity index (χ0v) is 22.3. The Morgan fingerprint density at radius 3 is 2.69 bits per heavy atom. The molecule has 206 valence electrons. The van der Waals surface area contributed by atoms with Crippen LogP contribution in [0, 0.1) is 11.8 Å². The normalized spacial score (nSPS) is 27.8. The Hall–Kier alpha value is -3.49. The van der Waals surface area contributed by atoms with Crippen molar-refractivity contribution >= 4 is 34.2 Å². The SMILES string of the molecule is C=CCCOC(=O)[C@@H]1[C@@H]2CCC3(O2)C(C(=O)N(CC=C)c2ccc4ccccc4c2)N([C@@H](CC)CO)C(=O)[C@H]13. The first-order valence-corrected chi connectivity index (χ1v) is 13.7. The number of hydrogen-bond acceptors (Lipinski definition) is 6. The van der Waals surface area contributed by atoms with Crippen LogP contribution in [0.2, 0.25) is 0 Å². The van der Waals surface area contributed by atoms with Crippen LogP contribution in [0.5, 0.6) is 0 Å². The summed E-state index contributed by atoms with van der Waals surface area (Å²) in [5.41, 5.74) is -0.490. The van der Waals surface area contributed by atoms with E-state index in [4.69, 9.17) is 9.47 Å². The molecule has 39 heavy (non-hydrogen) atoms. The Morgan fingerprint density at radius 2 is 2.00 bits per heavy atom. The summed E-state index contributed by atoms with van der Waals surface area (Å²) in [7, 11) is 0. The summed E-state index contributed by atoms with van der Waals surface area (Å²) in [5, 5.41) is 12.3. The third kappa shape index (κ3) is 4.36. The number of aliphatic hydroxyl groups excluding tert-OH is 1. The zero-order chi connectivity index (χ0) is 27.7. The van der Waals surface area contributed by atoms with Crippen LogP contribution in [0.4, 0.5) is 5.69 Å². The molecule has 2 aromatic rings. The van der Waals surface area contributed by atoms with Crippen LogP contribution in [0.3, 0.4) is 0 Å². The van der Waals surface area contributed by atoms with E-state index in [1.165, 1.54) is 4.90 Å². The minimum absolute atomic E-state index is 0.175. The molecular formula is C31H36N2O6. The molecule has 2 unspecified atom stereocenters. The molecule has 3 aliphatic heterocycles. The predicted molar refractivity (Wildman–Crippen MR) is 148 cm³/mol. The molecular weight excluding hydrogens is 496 g/mol. The van der Waals surface area contributed by atoms with Gasteiger partial charge in [0.15, 0.2) is 0 Å². The molecule has 3 saturated heterocycles. The van der Waals surface area contributed by atoms with Crippen molar-refractivity contribution in [3.05, 3.63) is 67.8 Å². The fourth-order valence-electron chi connectivity index (χ4n) is 6.73. The van der Waals surface area contributed by atoms with Gasteiger partial charge in [0.05, 0.1) is 37.2 Å². The van der Waals surface area contributed by atoms with Gasteiger partial charge >= 0.3 is 5.97 Å². The fourth-order valence-corrected chi connectivity index (χ4v) is 6.73. The predicted octanol–water partition coefficient (Wildman–Crippen LogP) is 3.62. The second-order valence-electron chi connectivity index (χ2n) is 10.6. The van der Waals surface area contributed by atoms with Gasteiger partial charge in [0.2, 0.25) is 5.91 Å². The molecule has 8 heteroatoms. The van der Waals surface area contributed by atoms with Crippen molar-refractivity contribution in [2.24, 2.45) is 11.8 Å². The molecule has 8 nitrogen and oxygen atoms in total. The van der Waals surface area contributed by atoms with Gasteiger partial charge in [-0.2, -0.15) is 0 Å². The maximum Gasteiger partial charge on any atom is 0.312 e. The number of nitrogens with zero attached hydrogens (tertiary/aromatic N) is 2. The summed E-state index contributed by atoms with van der Waals surface area (Å²) in [5.74, 6) is -2.76. The summed E-state index contributed by atoms with van der Waals surface area (Å²) < 4.78 is 12.0. The van der Waals surface area contributed by atoms with Gasteiger partial charge in [-0.1, -0.05) is 49.4 Å². The first-order valence-electron chi connectivity index (χ1n) is 13.7. The fraction of sp³-hybridized carbons (Fsp3) is 0.452. The number of esters is 1. The summed E-state index contributed by atoms with van der Waals surface area (Å²) in [6.45, 7) is 9.49. The van der Waals surface area contributed by atoms with E-state index in [1.807, 2.05) is 49.4 Å². The van der Waals surface area contributed by atoms with Crippen molar-refractivity contribution in [2.45, 2.75) is 56.4 Å². The maximum absolute atomic E-state index is 14.6. The van der Waals surface area contributed by atoms with Crippen molar-refractivity contribution < 1.29 is 29.0 Å². The van der Waals surface area contributed by atoms with Gasteiger partial charge in [-0.3, -0.25) is 14.4 Å². The summed E-state index contributed by atoms with van der Waals surface area (Å²) in [4.78, 5) is 45.0. The lowest BCUT2D eigenvalue weighted by Gasteiger charge is -2.39. The number of carbonyl (C=O) groups is 3. The Labute approximate surface area is 228 Å². The van der Waals surface area contributed by atoms with Crippen molar-refractivity contribution in [1.29, 1.82) is 0 Å². The molecule has 2 bridgehead atoms. The van der Waals surface area contributed by atoms with E-state index >= 15 is 0 Å². The van der Waals surface area contributed by atoms with Gasteiger partial charge in [-0.25, -0.2) is 0 Å². The Bertz CT molecular complexity index is 1290. The topological polar surface area (TPSA) is 96.4 Å². The van der Waals surface area contributed by atoms with Crippen LogP contribution in [0.25, 0.3) is 10.8 Å². The van der Waals surface area contributed by atoms with Gasteiger partial charge in [-0.05, 0) is 48.6 Å². The largest absolute Gasteiger partial charge is 0.465 e. The highest BCUT2D eigenvalue weighted by molar-refractivity contribution is 6.05. The third-order valence-electron chi connectivity index (χ3n) is 8.51. The summed E-state index contributed by atoms with van der Waals surface area (Å²) >= 11 is 0. The Morgan fingerprint density at radius 1 is 1.23 bits per heavy atom. The number of benzene rings is 2. The smallest absolute Gasteiger partial charge is 0.312 e. The van der Waals surface area contributed by atoms with Crippen molar-refractivity contribution in [3.63, 3.8) is 0 Å². The molecule has 0 saturated carbocycles. The van der Waals surface area contributed by atoms with E-state index in [0.717, 1.165) is 10.8 Å². The lowest BCUT2D eigenvalue weighted by Crippen LogP contribution is -2.59. The number of rotatable bonds is 11. The number of anilines is 1. The molecule has 5 rings (SSSR count). The Balaban J connectivity index is 1.56. The lowest BCUT2D eigenvalue weighted by molar-refractivity contribution is -0.155. The van der Waals surface area contributed by atoms with Crippen LogP contribution in [-0.2, 0) is 23.9 Å². The third-order valence-corrected chi connectivity index (χ3v) is 8.51. The average molecular weight is 533 g/mol. The highest BCUT2D eigenvalue weighted by Crippen LogP contribution is 2.59. The van der Waals surface area contributed by atoms with Crippen LogP contribution in [-0.4, -0.2) is 71.3 Å². The first kappa shape index (κ1) is 27.1. The molecule has 2 aromatic carbocycles. The number of ether oxygens (including phenoxy) is 2. The van der Waals surface area contributed by atoms with E-state index in [-0.39, 0.29) is 31.6 Å². The second kappa shape index (κ2) is 10.9. The molecule has 3 heterocycles. The van der Waals surface area contributed by atoms with Gasteiger partial charge < -0.3 is 24.4 Å². The van der Waals surface area contributed by atoms with E-state index in [2.05, 4.69) is 13.2 Å². The molecule has 3 fully saturated rings. The second-order valence-corrected chi connectivity index (χ2v) is 10.6. The number of likely N-dealkylation sites (tertiary alicyclic amines) is 1. The number of fused-ring (bicyclic) bond motifs is 2. The lowest BCUT2D eigenvalue weighted by atomic mass is 9.70. The highest BCUT2D eigenvalue weighted by Gasteiger charge is 2.75. The highest BCUT2D eigenvalue weighted by atomic mass is 16.6. The first-order chi connectivity index (χ1) is 18.9. The van der Waals surface area contributed by atoms with Crippen molar-refractivity contribution in [3.8, 4) is 0 Å². The van der Waals surface area contributed by atoms with Crippen LogP contribution in [0.1, 0.15) is 32.6 Å². The minimum Gasteiger partial charge on any atom is -0.465 e. The quantitative estimate of drug-likeness (QED) is 0.270. The van der Waals surface area contributed by atoms with Crippen molar-refractivity contribution in [1.82, 2.24) is 4.90 Å². The monoisotopic (exact) mass is 532 g/mol. The molecule has 0 radical (unpaired) electrons. The van der Waals surface area contributed by atoms with Gasteiger partial charge in [-0.15, -0.1) is 13.2 Å². The van der Waals surface area contributed by atoms with Crippen LogP contribution < -0.4 is 4.90 Å². The zero-order valence-electron chi connectivity index (χ0n) is 22.3. The number of amides is 2. The van der Waals surface area contributed by atoms with Gasteiger partial charge in [0.1, 0.15) is 11.6 Å². The Kier molecular flexibility index (Phi) is 7.60. The maximum atomic E-state index is 14.6.